The van der Waals surface area contributed by atoms with Crippen molar-refractivity contribution in [3.63, 3.8) is 0 Å². The Morgan fingerprint density at radius 2 is 1.75 bits per heavy atom. The summed E-state index contributed by atoms with van der Waals surface area (Å²) in [4.78, 5) is 62.3. The average Bonchev–Trinajstić information content (AvgIpc) is 3.65. The molecular weight excluding hydrogens is 518 g/mol. The van der Waals surface area contributed by atoms with E-state index in [2.05, 4.69) is 36.2 Å². The molecule has 0 aliphatic carbocycles. The van der Waals surface area contributed by atoms with Crippen LogP contribution in [-0.2, 0) is 32.0 Å². The first kappa shape index (κ1) is 30.1. The van der Waals surface area contributed by atoms with Gasteiger partial charge in [-0.3, -0.25) is 19.4 Å². The summed E-state index contributed by atoms with van der Waals surface area (Å²) >= 11 is 0. The largest absolute Gasteiger partial charge is 0.480 e. The van der Waals surface area contributed by atoms with Gasteiger partial charge in [0.2, 0.25) is 17.7 Å². The van der Waals surface area contributed by atoms with E-state index in [4.69, 9.17) is 11.5 Å². The van der Waals surface area contributed by atoms with Crippen LogP contribution in [0.3, 0.4) is 0 Å². The van der Waals surface area contributed by atoms with E-state index in [0.717, 1.165) is 12.0 Å². The number of rotatable bonds is 15. The van der Waals surface area contributed by atoms with Crippen molar-refractivity contribution in [2.45, 2.75) is 62.7 Å². The molecule has 1 aliphatic heterocycles. The molecule has 14 heteroatoms. The van der Waals surface area contributed by atoms with Crippen molar-refractivity contribution in [2.75, 3.05) is 13.1 Å². The summed E-state index contributed by atoms with van der Waals surface area (Å²) in [6.07, 6.45) is 5.13. The van der Waals surface area contributed by atoms with Crippen LogP contribution in [0.2, 0.25) is 0 Å². The van der Waals surface area contributed by atoms with Gasteiger partial charge in [-0.2, -0.15) is 0 Å². The molecule has 4 unspecified atom stereocenters. The highest BCUT2D eigenvalue weighted by atomic mass is 16.4. The number of hydrogen-bond acceptors (Lipinski definition) is 7. The monoisotopic (exact) mass is 555 g/mol. The number of nitrogens with zero attached hydrogens (tertiary/aromatic N) is 2. The van der Waals surface area contributed by atoms with Gasteiger partial charge in [-0.15, -0.1) is 0 Å². The molecular formula is C26H37N9O5. The molecule has 2 heterocycles. The molecule has 0 saturated carbocycles. The number of nitrogens with two attached hydrogens (primary N) is 2. The zero-order valence-corrected chi connectivity index (χ0v) is 22.1. The summed E-state index contributed by atoms with van der Waals surface area (Å²) in [5.74, 6) is -2.92. The van der Waals surface area contributed by atoms with Gasteiger partial charge in [0, 0.05) is 31.3 Å². The highest BCUT2D eigenvalue weighted by molar-refractivity contribution is 5.94. The normalized spacial score (nSPS) is 16.8. The number of carbonyl (C=O) groups excluding carboxylic acids is 3. The molecule has 4 atom stereocenters. The summed E-state index contributed by atoms with van der Waals surface area (Å²) in [5.41, 5.74) is 12.1. The number of carboxylic acid groups (broad SMARTS) is 1. The number of amides is 3. The highest BCUT2D eigenvalue weighted by Crippen LogP contribution is 2.09. The van der Waals surface area contributed by atoms with E-state index in [-0.39, 0.29) is 37.7 Å². The van der Waals surface area contributed by atoms with Crippen molar-refractivity contribution >= 4 is 29.7 Å². The third kappa shape index (κ3) is 9.69. The Labute approximate surface area is 231 Å². The lowest BCUT2D eigenvalue weighted by Crippen LogP contribution is -2.57. The second-order valence-electron chi connectivity index (χ2n) is 9.59. The number of benzene rings is 1. The van der Waals surface area contributed by atoms with Crippen molar-refractivity contribution in [1.82, 2.24) is 31.2 Å². The zero-order valence-electron chi connectivity index (χ0n) is 22.1. The highest BCUT2D eigenvalue weighted by Gasteiger charge is 2.31. The number of imidazole rings is 1. The van der Waals surface area contributed by atoms with E-state index in [1.54, 1.807) is 36.5 Å². The first-order valence-electron chi connectivity index (χ1n) is 13.2. The van der Waals surface area contributed by atoms with E-state index in [9.17, 15) is 24.3 Å². The maximum atomic E-state index is 13.4. The topological polar surface area (TPSA) is 230 Å². The molecule has 1 aromatic heterocycles. The predicted molar refractivity (Wildman–Crippen MR) is 147 cm³/mol. The molecule has 3 amide bonds. The lowest BCUT2D eigenvalue weighted by atomic mass is 10.0. The van der Waals surface area contributed by atoms with Crippen LogP contribution in [0.4, 0.5) is 0 Å². The number of nitrogens with one attached hydrogen (secondary N) is 5. The molecule has 1 saturated heterocycles. The number of aromatic nitrogens is 2. The molecule has 10 N–H and O–H groups in total. The van der Waals surface area contributed by atoms with Gasteiger partial charge in [0.1, 0.15) is 18.1 Å². The van der Waals surface area contributed by atoms with Gasteiger partial charge in [-0.1, -0.05) is 30.3 Å². The smallest absolute Gasteiger partial charge is 0.326 e. The van der Waals surface area contributed by atoms with E-state index in [1.807, 2.05) is 0 Å². The van der Waals surface area contributed by atoms with Gasteiger partial charge < -0.3 is 42.8 Å². The van der Waals surface area contributed by atoms with Gasteiger partial charge in [0.15, 0.2) is 5.96 Å². The van der Waals surface area contributed by atoms with Crippen LogP contribution >= 0.6 is 0 Å². The van der Waals surface area contributed by atoms with Gasteiger partial charge >= 0.3 is 5.97 Å². The fourth-order valence-electron chi connectivity index (χ4n) is 4.37. The number of carboxylic acids is 1. The number of aromatic amines is 1. The maximum Gasteiger partial charge on any atom is 0.326 e. The SMILES string of the molecule is NC(N)=NCCCC(NC(=O)C(Cc1cnc[nH]1)NC(=O)C1CCCN1)C(=O)NC(Cc1ccccc1)C(=O)O. The molecule has 0 radical (unpaired) electrons. The van der Waals surface area contributed by atoms with E-state index in [1.165, 1.54) is 6.33 Å². The van der Waals surface area contributed by atoms with Gasteiger partial charge in [-0.05, 0) is 37.8 Å². The van der Waals surface area contributed by atoms with Crippen molar-refractivity contribution in [3.8, 4) is 0 Å². The fraction of sp³-hybridized carbons (Fsp3) is 0.462. The minimum Gasteiger partial charge on any atom is -0.480 e. The molecule has 14 nitrogen and oxygen atoms in total. The number of aliphatic carboxylic acids is 1. The molecule has 3 rings (SSSR count). The van der Waals surface area contributed by atoms with Crippen LogP contribution in [0.5, 0.6) is 0 Å². The first-order chi connectivity index (χ1) is 19.2. The maximum absolute atomic E-state index is 13.4. The minimum atomic E-state index is -1.22. The van der Waals surface area contributed by atoms with Crippen molar-refractivity contribution in [2.24, 2.45) is 16.5 Å². The fourth-order valence-corrected chi connectivity index (χ4v) is 4.37. The minimum absolute atomic E-state index is 0.0590. The Balaban J connectivity index is 1.74. The summed E-state index contributed by atoms with van der Waals surface area (Å²) in [6.45, 7) is 0.914. The second kappa shape index (κ2) is 15.2. The number of guanidine groups is 1. The summed E-state index contributed by atoms with van der Waals surface area (Å²) in [7, 11) is 0. The first-order valence-corrected chi connectivity index (χ1v) is 13.2. The summed E-state index contributed by atoms with van der Waals surface area (Å²) in [6, 6.07) is 5.13. The van der Waals surface area contributed by atoms with Crippen LogP contribution in [0.1, 0.15) is 36.9 Å². The van der Waals surface area contributed by atoms with Gasteiger partial charge in [-0.25, -0.2) is 9.78 Å². The Morgan fingerprint density at radius 3 is 2.38 bits per heavy atom. The van der Waals surface area contributed by atoms with Gasteiger partial charge in [0.05, 0.1) is 12.4 Å². The Hall–Kier alpha value is -4.46. The van der Waals surface area contributed by atoms with Crippen LogP contribution in [-0.4, -0.2) is 82.0 Å². The van der Waals surface area contributed by atoms with E-state index < -0.39 is 42.0 Å². The Kier molecular flexibility index (Phi) is 11.4. The summed E-state index contributed by atoms with van der Waals surface area (Å²) in [5, 5.41) is 20.9. The molecule has 0 spiro atoms. The second-order valence-corrected chi connectivity index (χ2v) is 9.59. The van der Waals surface area contributed by atoms with Crippen LogP contribution in [0.15, 0.2) is 47.8 Å². The van der Waals surface area contributed by atoms with Crippen LogP contribution in [0, 0.1) is 0 Å². The number of aliphatic imine (C=N–C) groups is 1. The molecule has 40 heavy (non-hydrogen) atoms. The number of carbonyl (C=O) groups is 4. The third-order valence-corrected chi connectivity index (χ3v) is 6.46. The molecule has 1 fully saturated rings. The zero-order chi connectivity index (χ0) is 28.9. The molecule has 216 valence electrons. The van der Waals surface area contributed by atoms with Crippen molar-refractivity contribution in [3.05, 3.63) is 54.1 Å². The van der Waals surface area contributed by atoms with Crippen molar-refractivity contribution in [1.29, 1.82) is 0 Å². The molecule has 1 aromatic carbocycles. The van der Waals surface area contributed by atoms with E-state index >= 15 is 0 Å². The van der Waals surface area contributed by atoms with Crippen molar-refractivity contribution < 1.29 is 24.3 Å². The standard InChI is InChI=1S/C26H37N9O5/c27-26(28)31-11-5-9-19(23(37)35-21(25(39)40)12-16-6-2-1-3-7-16)33-24(38)20(13-17-14-29-15-32-17)34-22(36)18-8-4-10-30-18/h1-3,6-7,14-15,18-21,30H,4-5,8-13H2,(H,29,32)(H,33,38)(H,34,36)(H,35,37)(H,39,40)(H4,27,28,31). The molecule has 2 aromatic rings. The van der Waals surface area contributed by atoms with E-state index in [0.29, 0.717) is 25.1 Å². The third-order valence-electron chi connectivity index (χ3n) is 6.46. The van der Waals surface area contributed by atoms with Crippen LogP contribution in [0.25, 0.3) is 0 Å². The molecule has 0 bridgehead atoms. The number of H-pyrrole nitrogens is 1. The Bertz CT molecular complexity index is 1150. The summed E-state index contributed by atoms with van der Waals surface area (Å²) < 4.78 is 0. The number of hydrogen-bond donors (Lipinski definition) is 8. The predicted octanol–water partition coefficient (Wildman–Crippen LogP) is -1.46. The molecule has 1 aliphatic rings. The lowest BCUT2D eigenvalue weighted by Gasteiger charge is -2.25. The van der Waals surface area contributed by atoms with Gasteiger partial charge in [0.25, 0.3) is 0 Å². The quantitative estimate of drug-likeness (QED) is 0.0728. The van der Waals surface area contributed by atoms with Crippen LogP contribution < -0.4 is 32.7 Å². The average molecular weight is 556 g/mol. The Morgan fingerprint density at radius 1 is 1.02 bits per heavy atom. The lowest BCUT2D eigenvalue weighted by molar-refractivity contribution is -0.142.